The quantitative estimate of drug-likeness (QED) is 0.556. The van der Waals surface area contributed by atoms with Crippen molar-refractivity contribution in [2.75, 3.05) is 13.1 Å². The predicted octanol–water partition coefficient (Wildman–Crippen LogP) is 4.10. The van der Waals surface area contributed by atoms with E-state index in [0.29, 0.717) is 0 Å². The van der Waals surface area contributed by atoms with E-state index in [1.807, 2.05) is 0 Å². The number of likely N-dealkylation sites (tertiary alicyclic amines) is 1. The molecule has 0 aromatic heterocycles. The maximum Gasteiger partial charge on any atom is 0.141 e. The molecule has 1 nitrogen and oxygen atoms in total. The normalized spacial score (nSPS) is 17.2. The van der Waals surface area contributed by atoms with Crippen LogP contribution in [0.3, 0.4) is 0 Å². The molecule has 0 spiro atoms. The zero-order chi connectivity index (χ0) is 12.3. The first-order valence-electron chi connectivity index (χ1n) is 6.18. The highest BCUT2D eigenvalue weighted by atomic mass is 32.2. The summed E-state index contributed by atoms with van der Waals surface area (Å²) in [5, 5.41) is 0. The van der Waals surface area contributed by atoms with Gasteiger partial charge in [0.1, 0.15) is 4.32 Å². The average Bonchev–Trinajstić information content (AvgIpc) is 2.33. The highest BCUT2D eigenvalue weighted by Crippen LogP contribution is 2.25. The Kier molecular flexibility index (Phi) is 4.46. The van der Waals surface area contributed by atoms with Gasteiger partial charge in [0.15, 0.2) is 0 Å². The molecule has 1 aliphatic heterocycles. The lowest BCUT2D eigenvalue weighted by molar-refractivity contribution is 0.287. The minimum absolute atomic E-state index is 0.860. The van der Waals surface area contributed by atoms with Gasteiger partial charge in [0.2, 0.25) is 0 Å². The molecule has 0 N–H and O–H groups in total. The van der Waals surface area contributed by atoms with Gasteiger partial charge >= 0.3 is 0 Å². The fourth-order valence-corrected chi connectivity index (χ4v) is 3.22. The summed E-state index contributed by atoms with van der Waals surface area (Å²) in [7, 11) is 0. The molecular formula is C14H19NS2. The monoisotopic (exact) mass is 265 g/mol. The summed E-state index contributed by atoms with van der Waals surface area (Å²) in [6, 6.07) is 8.59. The first-order valence-corrected chi connectivity index (χ1v) is 7.41. The average molecular weight is 265 g/mol. The van der Waals surface area contributed by atoms with Crippen LogP contribution in [-0.4, -0.2) is 22.3 Å². The van der Waals surface area contributed by atoms with Crippen LogP contribution in [0.15, 0.2) is 29.2 Å². The Balaban J connectivity index is 1.90. The van der Waals surface area contributed by atoms with E-state index in [9.17, 15) is 0 Å². The van der Waals surface area contributed by atoms with Crippen molar-refractivity contribution in [1.29, 1.82) is 0 Å². The number of aryl methyl sites for hydroxylation is 1. The molecule has 1 aromatic carbocycles. The van der Waals surface area contributed by atoms with Gasteiger partial charge < -0.3 is 4.90 Å². The molecule has 3 heteroatoms. The second-order valence-corrected chi connectivity index (χ2v) is 6.56. The Bertz CT molecular complexity index is 378. The molecule has 17 heavy (non-hydrogen) atoms. The van der Waals surface area contributed by atoms with Gasteiger partial charge in [-0.1, -0.05) is 48.6 Å². The molecule has 1 saturated heterocycles. The SMILES string of the molecule is Cc1ccc(SC(=S)N2CCC(C)CC2)cc1. The number of piperidine rings is 1. The van der Waals surface area contributed by atoms with Crippen molar-refractivity contribution in [2.24, 2.45) is 5.92 Å². The fourth-order valence-electron chi connectivity index (χ4n) is 1.96. The zero-order valence-electron chi connectivity index (χ0n) is 10.5. The van der Waals surface area contributed by atoms with E-state index >= 15 is 0 Å². The molecule has 92 valence electrons. The number of thioether (sulfide) groups is 1. The Hall–Kier alpha value is -0.540. The standard InChI is InChI=1S/C14H19NS2/c1-11-3-5-13(6-4-11)17-14(16)15-9-7-12(2)8-10-15/h3-6,12H,7-10H2,1-2H3. The summed E-state index contributed by atoms with van der Waals surface area (Å²) in [6.07, 6.45) is 2.54. The molecule has 1 heterocycles. The molecule has 1 fully saturated rings. The minimum Gasteiger partial charge on any atom is -0.357 e. The lowest BCUT2D eigenvalue weighted by Gasteiger charge is -2.31. The smallest absolute Gasteiger partial charge is 0.141 e. The number of hydrogen-bond donors (Lipinski definition) is 0. The lowest BCUT2D eigenvalue weighted by Crippen LogP contribution is -2.35. The predicted molar refractivity (Wildman–Crippen MR) is 79.6 cm³/mol. The van der Waals surface area contributed by atoms with E-state index in [1.165, 1.54) is 23.3 Å². The highest BCUT2D eigenvalue weighted by molar-refractivity contribution is 8.22. The van der Waals surface area contributed by atoms with E-state index in [1.54, 1.807) is 11.8 Å². The summed E-state index contributed by atoms with van der Waals surface area (Å²) < 4.78 is 1.03. The van der Waals surface area contributed by atoms with E-state index in [0.717, 1.165) is 23.3 Å². The van der Waals surface area contributed by atoms with Crippen LogP contribution in [0.2, 0.25) is 0 Å². The maximum atomic E-state index is 5.52. The Labute approximate surface area is 114 Å². The Morgan fingerprint density at radius 2 is 1.82 bits per heavy atom. The zero-order valence-corrected chi connectivity index (χ0v) is 12.1. The third-order valence-electron chi connectivity index (χ3n) is 3.27. The van der Waals surface area contributed by atoms with Crippen molar-refractivity contribution < 1.29 is 0 Å². The van der Waals surface area contributed by atoms with Gasteiger partial charge in [-0.15, -0.1) is 0 Å². The molecule has 0 saturated carbocycles. The molecule has 0 bridgehead atoms. The van der Waals surface area contributed by atoms with Crippen LogP contribution in [0, 0.1) is 12.8 Å². The summed E-state index contributed by atoms with van der Waals surface area (Å²) in [4.78, 5) is 3.60. The van der Waals surface area contributed by atoms with Crippen LogP contribution in [0.1, 0.15) is 25.3 Å². The van der Waals surface area contributed by atoms with Crippen molar-refractivity contribution in [3.05, 3.63) is 29.8 Å². The molecular weight excluding hydrogens is 246 g/mol. The van der Waals surface area contributed by atoms with Gasteiger partial charge in [-0.05, 0) is 37.8 Å². The van der Waals surface area contributed by atoms with Gasteiger partial charge in [0, 0.05) is 18.0 Å². The van der Waals surface area contributed by atoms with Gasteiger partial charge in [0.05, 0.1) is 0 Å². The van der Waals surface area contributed by atoms with Crippen molar-refractivity contribution in [2.45, 2.75) is 31.6 Å². The molecule has 0 unspecified atom stereocenters. The highest BCUT2D eigenvalue weighted by Gasteiger charge is 2.18. The number of thiocarbonyl (C=S) groups is 1. The molecule has 1 aromatic rings. The van der Waals surface area contributed by atoms with Crippen molar-refractivity contribution in [3.8, 4) is 0 Å². The van der Waals surface area contributed by atoms with Crippen LogP contribution in [0.5, 0.6) is 0 Å². The molecule has 2 rings (SSSR count). The third kappa shape index (κ3) is 3.71. The summed E-state index contributed by atoms with van der Waals surface area (Å²) in [5.41, 5.74) is 1.30. The Morgan fingerprint density at radius 3 is 2.41 bits per heavy atom. The Morgan fingerprint density at radius 1 is 1.24 bits per heavy atom. The molecule has 0 amide bonds. The number of rotatable bonds is 1. The van der Waals surface area contributed by atoms with E-state index in [4.69, 9.17) is 12.2 Å². The first kappa shape index (κ1) is 12.9. The van der Waals surface area contributed by atoms with Crippen LogP contribution in [0.25, 0.3) is 0 Å². The largest absolute Gasteiger partial charge is 0.357 e. The molecule has 0 aliphatic carbocycles. The second kappa shape index (κ2) is 5.87. The van der Waals surface area contributed by atoms with Crippen LogP contribution < -0.4 is 0 Å². The number of hydrogen-bond acceptors (Lipinski definition) is 2. The van der Waals surface area contributed by atoms with Gasteiger partial charge in [-0.25, -0.2) is 0 Å². The van der Waals surface area contributed by atoms with Gasteiger partial charge in [0.25, 0.3) is 0 Å². The van der Waals surface area contributed by atoms with Crippen LogP contribution in [0.4, 0.5) is 0 Å². The molecule has 1 aliphatic rings. The maximum absolute atomic E-state index is 5.52. The van der Waals surface area contributed by atoms with Gasteiger partial charge in [-0.2, -0.15) is 0 Å². The fraction of sp³-hybridized carbons (Fsp3) is 0.500. The lowest BCUT2D eigenvalue weighted by atomic mass is 10.00. The van der Waals surface area contributed by atoms with E-state index < -0.39 is 0 Å². The van der Waals surface area contributed by atoms with E-state index in [-0.39, 0.29) is 0 Å². The minimum atomic E-state index is 0.860. The van der Waals surface area contributed by atoms with Crippen molar-refractivity contribution >= 4 is 28.3 Å². The van der Waals surface area contributed by atoms with Crippen molar-refractivity contribution in [3.63, 3.8) is 0 Å². The van der Waals surface area contributed by atoms with E-state index in [2.05, 4.69) is 43.0 Å². The van der Waals surface area contributed by atoms with Gasteiger partial charge in [-0.3, -0.25) is 0 Å². The molecule has 0 atom stereocenters. The summed E-state index contributed by atoms with van der Waals surface area (Å²) in [6.45, 7) is 6.68. The molecule has 0 radical (unpaired) electrons. The second-order valence-electron chi connectivity index (χ2n) is 4.85. The first-order chi connectivity index (χ1) is 8.15. The number of nitrogens with zero attached hydrogens (tertiary/aromatic N) is 1. The number of benzene rings is 1. The topological polar surface area (TPSA) is 3.24 Å². The van der Waals surface area contributed by atoms with Crippen molar-refractivity contribution in [1.82, 2.24) is 4.90 Å². The summed E-state index contributed by atoms with van der Waals surface area (Å²) >= 11 is 7.23. The van der Waals surface area contributed by atoms with Crippen LogP contribution in [-0.2, 0) is 0 Å². The van der Waals surface area contributed by atoms with Crippen LogP contribution >= 0.6 is 24.0 Å². The third-order valence-corrected chi connectivity index (χ3v) is 4.72. The summed E-state index contributed by atoms with van der Waals surface area (Å²) in [5.74, 6) is 0.860.